The molecule has 0 aliphatic heterocycles. The zero-order valence-corrected chi connectivity index (χ0v) is 7.86. The molecule has 3 aliphatic carbocycles. The van der Waals surface area contributed by atoms with Crippen molar-refractivity contribution in [3.05, 3.63) is 0 Å². The van der Waals surface area contributed by atoms with Gasteiger partial charge in [0.2, 0.25) is 0 Å². The van der Waals surface area contributed by atoms with Gasteiger partial charge in [-0.1, -0.05) is 0 Å². The molecule has 74 valence electrons. The normalized spacial score (nSPS) is 49.2. The van der Waals surface area contributed by atoms with E-state index < -0.39 is 11.4 Å². The average molecular weight is 184 g/mol. The summed E-state index contributed by atoms with van der Waals surface area (Å²) < 4.78 is 0. The highest BCUT2D eigenvalue weighted by molar-refractivity contribution is 5.75. The Hall–Kier alpha value is -0.570. The first-order valence-electron chi connectivity index (χ1n) is 4.95. The van der Waals surface area contributed by atoms with Crippen LogP contribution in [0.25, 0.3) is 0 Å². The van der Waals surface area contributed by atoms with Crippen LogP contribution in [-0.4, -0.2) is 22.3 Å². The topological polar surface area (TPSA) is 57.5 Å². The molecule has 13 heavy (non-hydrogen) atoms. The standard InChI is InChI=1S/C10H16O3/c1-10(9(12)13)5-6-2-3-7(10)4-8(6)11/h6-8,11H,2-5H2,1H3,(H,12,13)/t6-,7-,8+,10-/m0/s1. The largest absolute Gasteiger partial charge is 0.481 e. The quantitative estimate of drug-likeness (QED) is 0.645. The predicted molar refractivity (Wildman–Crippen MR) is 47.2 cm³/mol. The van der Waals surface area contributed by atoms with E-state index in [1.165, 1.54) is 0 Å². The van der Waals surface area contributed by atoms with Crippen molar-refractivity contribution in [2.75, 3.05) is 0 Å². The van der Waals surface area contributed by atoms with Crippen LogP contribution < -0.4 is 0 Å². The van der Waals surface area contributed by atoms with Crippen LogP contribution >= 0.6 is 0 Å². The molecule has 2 N–H and O–H groups in total. The molecule has 3 nitrogen and oxygen atoms in total. The molecule has 4 atom stereocenters. The van der Waals surface area contributed by atoms with Gasteiger partial charge in [-0.3, -0.25) is 4.79 Å². The Labute approximate surface area is 77.8 Å². The summed E-state index contributed by atoms with van der Waals surface area (Å²) in [6, 6.07) is 0. The summed E-state index contributed by atoms with van der Waals surface area (Å²) in [5, 5.41) is 18.7. The maximum atomic E-state index is 11.1. The molecule has 0 heterocycles. The van der Waals surface area contributed by atoms with Gasteiger partial charge in [0.1, 0.15) is 0 Å². The third-order valence-electron chi connectivity index (χ3n) is 4.03. The number of hydrogen-bond acceptors (Lipinski definition) is 2. The first kappa shape index (κ1) is 9.00. The number of carbonyl (C=O) groups is 1. The van der Waals surface area contributed by atoms with Crippen molar-refractivity contribution in [3.8, 4) is 0 Å². The minimum atomic E-state index is -0.686. The second-order valence-electron chi connectivity index (χ2n) is 4.76. The highest BCUT2D eigenvalue weighted by Gasteiger charge is 2.52. The Morgan fingerprint density at radius 1 is 1.46 bits per heavy atom. The third kappa shape index (κ3) is 1.17. The van der Waals surface area contributed by atoms with Crippen molar-refractivity contribution in [2.45, 2.75) is 38.7 Å². The lowest BCUT2D eigenvalue weighted by Crippen LogP contribution is -2.50. The summed E-state index contributed by atoms with van der Waals surface area (Å²) in [5.74, 6) is -0.273. The molecular formula is C10H16O3. The average Bonchev–Trinajstić information content (AvgIpc) is 2.07. The highest BCUT2D eigenvalue weighted by atomic mass is 16.4. The third-order valence-corrected chi connectivity index (χ3v) is 4.03. The van der Waals surface area contributed by atoms with Crippen LogP contribution in [0.5, 0.6) is 0 Å². The molecule has 0 amide bonds. The van der Waals surface area contributed by atoms with Gasteiger partial charge in [-0.25, -0.2) is 0 Å². The lowest BCUT2D eigenvalue weighted by Gasteiger charge is -2.49. The lowest BCUT2D eigenvalue weighted by atomic mass is 9.56. The maximum Gasteiger partial charge on any atom is 0.309 e. The number of hydrogen-bond donors (Lipinski definition) is 2. The molecule has 3 saturated carbocycles. The zero-order chi connectivity index (χ0) is 9.64. The van der Waals surface area contributed by atoms with Crippen LogP contribution in [-0.2, 0) is 4.79 Å². The molecule has 2 bridgehead atoms. The molecule has 0 radical (unpaired) electrons. The number of aliphatic hydroxyl groups excluding tert-OH is 1. The molecule has 3 aliphatic rings. The van der Waals surface area contributed by atoms with Crippen LogP contribution in [0.3, 0.4) is 0 Å². The van der Waals surface area contributed by atoms with E-state index >= 15 is 0 Å². The fraction of sp³-hybridized carbons (Fsp3) is 0.900. The molecule has 0 aromatic heterocycles. The van der Waals surface area contributed by atoms with E-state index in [9.17, 15) is 9.90 Å². The van der Waals surface area contributed by atoms with E-state index in [0.717, 1.165) is 12.8 Å². The molecule has 3 fully saturated rings. The summed E-state index contributed by atoms with van der Waals surface area (Å²) in [6.45, 7) is 1.83. The van der Waals surface area contributed by atoms with Gasteiger partial charge < -0.3 is 10.2 Å². The van der Waals surface area contributed by atoms with Crippen LogP contribution in [0.2, 0.25) is 0 Å². The van der Waals surface area contributed by atoms with Crippen molar-refractivity contribution in [3.63, 3.8) is 0 Å². The van der Waals surface area contributed by atoms with E-state index in [2.05, 4.69) is 0 Å². The fourth-order valence-corrected chi connectivity index (χ4v) is 3.00. The minimum absolute atomic E-state index is 0.185. The van der Waals surface area contributed by atoms with E-state index in [0.29, 0.717) is 12.8 Å². The Balaban J connectivity index is 2.23. The van der Waals surface area contributed by atoms with Crippen LogP contribution in [0.1, 0.15) is 32.6 Å². The van der Waals surface area contributed by atoms with Crippen molar-refractivity contribution >= 4 is 5.97 Å². The zero-order valence-electron chi connectivity index (χ0n) is 7.86. The van der Waals surface area contributed by atoms with Crippen LogP contribution in [0.15, 0.2) is 0 Å². The summed E-state index contributed by atoms with van der Waals surface area (Å²) in [7, 11) is 0. The molecule has 0 saturated heterocycles. The number of aliphatic carboxylic acids is 1. The number of carboxylic acid groups (broad SMARTS) is 1. The molecule has 0 aromatic rings. The Kier molecular flexibility index (Phi) is 1.88. The number of aliphatic hydroxyl groups is 1. The first-order valence-corrected chi connectivity index (χ1v) is 4.95. The molecule has 0 spiro atoms. The SMILES string of the molecule is C[C@]1(C(=O)O)C[C@@H]2CC[C@H]1C[C@H]2O. The highest BCUT2D eigenvalue weighted by Crippen LogP contribution is 2.52. The molecule has 3 rings (SSSR count). The van der Waals surface area contributed by atoms with E-state index in [4.69, 9.17) is 5.11 Å². The van der Waals surface area contributed by atoms with Gasteiger partial charge in [-0.05, 0) is 44.4 Å². The first-order chi connectivity index (χ1) is 6.04. The van der Waals surface area contributed by atoms with Crippen molar-refractivity contribution in [1.29, 1.82) is 0 Å². The summed E-state index contributed by atoms with van der Waals surface area (Å²) >= 11 is 0. The minimum Gasteiger partial charge on any atom is -0.481 e. The van der Waals surface area contributed by atoms with Crippen LogP contribution in [0.4, 0.5) is 0 Å². The Morgan fingerprint density at radius 2 is 2.15 bits per heavy atom. The molecular weight excluding hydrogens is 168 g/mol. The van der Waals surface area contributed by atoms with Gasteiger partial charge in [-0.15, -0.1) is 0 Å². The van der Waals surface area contributed by atoms with Crippen LogP contribution in [0, 0.1) is 17.3 Å². The Morgan fingerprint density at radius 3 is 2.54 bits per heavy atom. The van der Waals surface area contributed by atoms with Crippen molar-refractivity contribution < 1.29 is 15.0 Å². The maximum absolute atomic E-state index is 11.1. The van der Waals surface area contributed by atoms with E-state index in [1.807, 2.05) is 6.92 Å². The number of rotatable bonds is 1. The lowest BCUT2D eigenvalue weighted by molar-refractivity contribution is -0.164. The van der Waals surface area contributed by atoms with E-state index in [-0.39, 0.29) is 17.9 Å². The predicted octanol–water partition coefficient (Wildman–Crippen LogP) is 1.26. The summed E-state index contributed by atoms with van der Waals surface area (Å²) in [6.07, 6.45) is 3.09. The van der Waals surface area contributed by atoms with Crippen molar-refractivity contribution in [2.24, 2.45) is 17.3 Å². The van der Waals surface area contributed by atoms with E-state index in [1.54, 1.807) is 0 Å². The number of carboxylic acids is 1. The van der Waals surface area contributed by atoms with Crippen molar-refractivity contribution in [1.82, 2.24) is 0 Å². The fourth-order valence-electron chi connectivity index (χ4n) is 3.00. The smallest absolute Gasteiger partial charge is 0.309 e. The monoisotopic (exact) mass is 184 g/mol. The van der Waals surface area contributed by atoms with Gasteiger partial charge in [0.15, 0.2) is 0 Å². The molecule has 3 heteroatoms. The molecule has 0 unspecified atom stereocenters. The van der Waals surface area contributed by atoms with Gasteiger partial charge in [0.05, 0.1) is 11.5 Å². The van der Waals surface area contributed by atoms with Gasteiger partial charge >= 0.3 is 5.97 Å². The number of fused-ring (bicyclic) bond motifs is 3. The summed E-state index contributed by atoms with van der Waals surface area (Å²) in [5.41, 5.74) is -0.567. The van der Waals surface area contributed by atoms with Gasteiger partial charge in [0.25, 0.3) is 0 Å². The molecule has 0 aromatic carbocycles. The van der Waals surface area contributed by atoms with Gasteiger partial charge in [-0.2, -0.15) is 0 Å². The summed E-state index contributed by atoms with van der Waals surface area (Å²) in [4.78, 5) is 11.1. The van der Waals surface area contributed by atoms with Gasteiger partial charge in [0, 0.05) is 0 Å². The Bertz CT molecular complexity index is 238. The second kappa shape index (κ2) is 2.71. The second-order valence-corrected chi connectivity index (χ2v) is 4.76.